The van der Waals surface area contributed by atoms with E-state index in [1.165, 1.54) is 30.3 Å². The second-order valence-electron chi connectivity index (χ2n) is 6.42. The zero-order chi connectivity index (χ0) is 21.4. The van der Waals surface area contributed by atoms with Crippen molar-refractivity contribution < 1.29 is 19.3 Å². The van der Waals surface area contributed by atoms with Gasteiger partial charge in [-0.15, -0.1) is 0 Å². The number of nitro groups is 1. The largest absolute Gasteiger partial charge is 0.322 e. The number of amides is 3. The number of nitrogens with zero attached hydrogens (tertiary/aromatic N) is 2. The number of carbonyl (C=O) groups is 3. The van der Waals surface area contributed by atoms with Crippen LogP contribution in [0.1, 0.15) is 31.1 Å². The Balaban J connectivity index is 1.61. The first-order valence-corrected chi connectivity index (χ1v) is 9.08. The zero-order valence-corrected chi connectivity index (χ0v) is 15.9. The number of benzene rings is 3. The second-order valence-corrected chi connectivity index (χ2v) is 6.83. The Kier molecular flexibility index (Phi) is 4.77. The number of carbonyl (C=O) groups excluding carboxylic acids is 3. The highest BCUT2D eigenvalue weighted by atomic mass is 35.5. The number of rotatable bonds is 4. The van der Waals surface area contributed by atoms with Crippen LogP contribution in [0, 0.1) is 10.1 Å². The molecule has 0 fully saturated rings. The Morgan fingerprint density at radius 2 is 1.60 bits per heavy atom. The topological polar surface area (TPSA) is 110 Å². The lowest BCUT2D eigenvalue weighted by molar-refractivity contribution is -0.384. The van der Waals surface area contributed by atoms with Crippen molar-refractivity contribution in [3.05, 3.63) is 98.6 Å². The molecule has 0 spiro atoms. The summed E-state index contributed by atoms with van der Waals surface area (Å²) in [5.41, 5.74) is 0.853. The predicted octanol–water partition coefficient (Wildman–Crippen LogP) is 4.30. The van der Waals surface area contributed by atoms with Gasteiger partial charge in [0, 0.05) is 17.3 Å². The molecule has 30 heavy (non-hydrogen) atoms. The van der Waals surface area contributed by atoms with E-state index < -0.39 is 22.6 Å². The fourth-order valence-corrected chi connectivity index (χ4v) is 3.33. The van der Waals surface area contributed by atoms with Crippen LogP contribution >= 0.6 is 11.6 Å². The van der Waals surface area contributed by atoms with E-state index in [0.29, 0.717) is 11.1 Å². The van der Waals surface area contributed by atoms with E-state index in [2.05, 4.69) is 5.32 Å². The highest BCUT2D eigenvalue weighted by Gasteiger charge is 2.36. The summed E-state index contributed by atoms with van der Waals surface area (Å²) >= 11 is 5.78. The van der Waals surface area contributed by atoms with Crippen LogP contribution in [-0.2, 0) is 0 Å². The van der Waals surface area contributed by atoms with Crippen molar-refractivity contribution in [2.24, 2.45) is 0 Å². The highest BCUT2D eigenvalue weighted by Crippen LogP contribution is 2.30. The minimum Gasteiger partial charge on any atom is -0.322 e. The second kappa shape index (κ2) is 7.41. The van der Waals surface area contributed by atoms with Crippen molar-refractivity contribution in [3.63, 3.8) is 0 Å². The molecule has 0 unspecified atom stereocenters. The third-order valence-electron chi connectivity index (χ3n) is 4.56. The Labute approximate surface area is 174 Å². The van der Waals surface area contributed by atoms with Crippen LogP contribution < -0.4 is 10.2 Å². The van der Waals surface area contributed by atoms with Gasteiger partial charge in [-0.05, 0) is 42.5 Å². The Hall–Kier alpha value is -4.04. The molecule has 148 valence electrons. The van der Waals surface area contributed by atoms with Crippen molar-refractivity contribution in [1.29, 1.82) is 0 Å². The number of halogens is 1. The first-order valence-electron chi connectivity index (χ1n) is 8.70. The summed E-state index contributed by atoms with van der Waals surface area (Å²) in [5, 5.41) is 13.5. The minimum absolute atomic E-state index is 0.0504. The molecule has 1 aliphatic rings. The molecule has 4 rings (SSSR count). The van der Waals surface area contributed by atoms with Gasteiger partial charge in [0.05, 0.1) is 21.7 Å². The summed E-state index contributed by atoms with van der Waals surface area (Å²) in [4.78, 5) is 49.3. The van der Waals surface area contributed by atoms with Crippen molar-refractivity contribution >= 4 is 46.4 Å². The van der Waals surface area contributed by atoms with Gasteiger partial charge in [-0.1, -0.05) is 29.8 Å². The molecule has 1 heterocycles. The molecule has 3 amide bonds. The Morgan fingerprint density at radius 1 is 0.933 bits per heavy atom. The van der Waals surface area contributed by atoms with Crippen LogP contribution in [0.5, 0.6) is 0 Å². The number of hydrogen-bond donors (Lipinski definition) is 1. The average Bonchev–Trinajstić information content (AvgIpc) is 3.00. The van der Waals surface area contributed by atoms with Gasteiger partial charge in [-0.3, -0.25) is 24.5 Å². The number of nitro benzene ring substituents is 1. The van der Waals surface area contributed by atoms with Gasteiger partial charge in [-0.25, -0.2) is 4.90 Å². The highest BCUT2D eigenvalue weighted by molar-refractivity contribution is 6.34. The third-order valence-corrected chi connectivity index (χ3v) is 4.88. The van der Waals surface area contributed by atoms with Gasteiger partial charge in [0.1, 0.15) is 5.02 Å². The Bertz CT molecular complexity index is 1210. The lowest BCUT2D eigenvalue weighted by Gasteiger charge is -2.15. The van der Waals surface area contributed by atoms with Crippen LogP contribution in [0.2, 0.25) is 5.02 Å². The first-order chi connectivity index (χ1) is 14.4. The molecule has 0 saturated heterocycles. The van der Waals surface area contributed by atoms with Crippen LogP contribution in [0.15, 0.2) is 66.7 Å². The number of hydrogen-bond acceptors (Lipinski definition) is 5. The van der Waals surface area contributed by atoms with Crippen molar-refractivity contribution in [2.75, 3.05) is 10.2 Å². The fraction of sp³-hybridized carbons (Fsp3) is 0. The number of anilines is 2. The van der Waals surface area contributed by atoms with Gasteiger partial charge in [0.25, 0.3) is 23.4 Å². The minimum atomic E-state index is -0.652. The molecule has 9 heteroatoms. The molecule has 8 nitrogen and oxygen atoms in total. The van der Waals surface area contributed by atoms with Gasteiger partial charge >= 0.3 is 0 Å². The smallest absolute Gasteiger partial charge is 0.289 e. The normalized spacial score (nSPS) is 12.6. The quantitative estimate of drug-likeness (QED) is 0.383. The first kappa shape index (κ1) is 19.3. The lowest BCUT2D eigenvalue weighted by Crippen LogP contribution is -2.29. The number of nitrogens with one attached hydrogen (secondary N) is 1. The molecule has 3 aromatic rings. The maximum absolute atomic E-state index is 12.6. The summed E-state index contributed by atoms with van der Waals surface area (Å²) < 4.78 is 0. The molecule has 1 aliphatic heterocycles. The molecule has 0 aliphatic carbocycles. The maximum atomic E-state index is 12.6. The van der Waals surface area contributed by atoms with Crippen LogP contribution in [0.3, 0.4) is 0 Å². The fourth-order valence-electron chi connectivity index (χ4n) is 3.14. The van der Waals surface area contributed by atoms with E-state index in [9.17, 15) is 24.5 Å². The molecule has 0 saturated carbocycles. The molecule has 0 aromatic heterocycles. The molecule has 3 aromatic carbocycles. The molecule has 0 atom stereocenters. The SMILES string of the molecule is O=C(Nc1ccc(Cl)c([N+](=O)[O-])c1)c1cccc(N2C(=O)c3ccccc3C2=O)c1. The monoisotopic (exact) mass is 421 g/mol. The summed E-state index contributed by atoms with van der Waals surface area (Å²) in [6, 6.07) is 16.4. The zero-order valence-electron chi connectivity index (χ0n) is 15.2. The van der Waals surface area contributed by atoms with Gasteiger partial charge in [0.15, 0.2) is 0 Å². The lowest BCUT2D eigenvalue weighted by atomic mass is 10.1. The maximum Gasteiger partial charge on any atom is 0.289 e. The van der Waals surface area contributed by atoms with E-state index in [1.807, 2.05) is 0 Å². The summed E-state index contributed by atoms with van der Waals surface area (Å²) in [6.07, 6.45) is 0. The van der Waals surface area contributed by atoms with Gasteiger partial charge in [-0.2, -0.15) is 0 Å². The molecule has 1 N–H and O–H groups in total. The molecular weight excluding hydrogens is 410 g/mol. The van der Waals surface area contributed by atoms with Crippen LogP contribution in [-0.4, -0.2) is 22.6 Å². The van der Waals surface area contributed by atoms with Crippen molar-refractivity contribution in [1.82, 2.24) is 0 Å². The molecule has 0 bridgehead atoms. The van der Waals surface area contributed by atoms with Gasteiger partial charge in [0.2, 0.25) is 0 Å². The van der Waals surface area contributed by atoms with Crippen LogP contribution in [0.4, 0.5) is 17.1 Å². The third kappa shape index (κ3) is 3.29. The Morgan fingerprint density at radius 3 is 2.23 bits per heavy atom. The molecular formula is C21H12ClN3O5. The summed E-state index contributed by atoms with van der Waals surface area (Å²) in [6.45, 7) is 0. The summed E-state index contributed by atoms with van der Waals surface area (Å²) in [5.74, 6) is -1.51. The molecule has 0 radical (unpaired) electrons. The van der Waals surface area contributed by atoms with E-state index in [-0.39, 0.29) is 27.6 Å². The number of imide groups is 1. The van der Waals surface area contributed by atoms with E-state index >= 15 is 0 Å². The van der Waals surface area contributed by atoms with Crippen molar-refractivity contribution in [2.45, 2.75) is 0 Å². The number of fused-ring (bicyclic) bond motifs is 1. The summed E-state index contributed by atoms with van der Waals surface area (Å²) in [7, 11) is 0. The van der Waals surface area contributed by atoms with Crippen molar-refractivity contribution in [3.8, 4) is 0 Å². The van der Waals surface area contributed by atoms with Crippen LogP contribution in [0.25, 0.3) is 0 Å². The van der Waals surface area contributed by atoms with E-state index in [0.717, 1.165) is 11.0 Å². The van der Waals surface area contributed by atoms with E-state index in [1.54, 1.807) is 30.3 Å². The standard InChI is InChI=1S/C21H12ClN3O5/c22-17-9-8-13(11-18(17)25(29)30)23-19(26)12-4-3-5-14(10-12)24-20(27)15-6-1-2-7-16(15)21(24)28/h1-11H,(H,23,26). The van der Waals surface area contributed by atoms with Gasteiger partial charge < -0.3 is 5.32 Å². The predicted molar refractivity (Wildman–Crippen MR) is 110 cm³/mol. The average molecular weight is 422 g/mol. The van der Waals surface area contributed by atoms with E-state index in [4.69, 9.17) is 11.6 Å².